The third kappa shape index (κ3) is 2.99. The van der Waals surface area contributed by atoms with E-state index < -0.39 is 0 Å². The van der Waals surface area contributed by atoms with Crippen molar-refractivity contribution in [3.05, 3.63) is 108 Å². The molecule has 6 rings (SSSR count). The third-order valence-corrected chi connectivity index (χ3v) is 7.27. The first-order valence-corrected chi connectivity index (χ1v) is 11.5. The Morgan fingerprint density at radius 3 is 2.03 bits per heavy atom. The summed E-state index contributed by atoms with van der Waals surface area (Å²) in [7, 11) is 0. The fourth-order valence-corrected chi connectivity index (χ4v) is 5.84. The Hall–Kier alpha value is -3.32. The number of rotatable bonds is 3. The largest absolute Gasteiger partial charge is 0.355 e. The summed E-state index contributed by atoms with van der Waals surface area (Å²) in [6, 6.07) is 35.3. The lowest BCUT2D eigenvalue weighted by molar-refractivity contribution is 0.353. The maximum Gasteiger partial charge on any atom is 0.0467 e. The van der Waals surface area contributed by atoms with E-state index in [2.05, 4.69) is 102 Å². The van der Waals surface area contributed by atoms with Crippen LogP contribution in [0.15, 0.2) is 97.1 Å². The second kappa shape index (κ2) is 7.42. The minimum Gasteiger partial charge on any atom is -0.355 e. The van der Waals surface area contributed by atoms with E-state index in [1.807, 2.05) is 0 Å². The monoisotopic (exact) mass is 401 g/mol. The van der Waals surface area contributed by atoms with Crippen molar-refractivity contribution in [1.82, 2.24) is 0 Å². The lowest BCUT2D eigenvalue weighted by Gasteiger charge is -2.36. The van der Waals surface area contributed by atoms with Crippen LogP contribution in [-0.2, 0) is 5.41 Å². The zero-order chi connectivity index (χ0) is 20.7. The molecule has 0 heterocycles. The molecule has 0 aromatic heterocycles. The van der Waals surface area contributed by atoms with Gasteiger partial charge in [-0.05, 0) is 58.9 Å². The first-order valence-electron chi connectivity index (χ1n) is 11.5. The van der Waals surface area contributed by atoms with Crippen molar-refractivity contribution >= 4 is 11.4 Å². The lowest BCUT2D eigenvalue weighted by atomic mass is 9.68. The topological polar surface area (TPSA) is 12.0 Å². The first kappa shape index (κ1) is 18.4. The van der Waals surface area contributed by atoms with Crippen LogP contribution in [-0.4, -0.2) is 0 Å². The van der Waals surface area contributed by atoms with E-state index in [4.69, 9.17) is 0 Å². The van der Waals surface area contributed by atoms with Gasteiger partial charge in [0.2, 0.25) is 0 Å². The minimum absolute atomic E-state index is 0.207. The van der Waals surface area contributed by atoms with Gasteiger partial charge in [-0.2, -0.15) is 0 Å². The summed E-state index contributed by atoms with van der Waals surface area (Å²) in [6.45, 7) is 0. The Morgan fingerprint density at radius 1 is 0.548 bits per heavy atom. The Balaban J connectivity index is 1.40. The summed E-state index contributed by atoms with van der Waals surface area (Å²) in [6.07, 6.45) is 6.56. The van der Waals surface area contributed by atoms with E-state index >= 15 is 0 Å². The first-order chi connectivity index (χ1) is 15.4. The van der Waals surface area contributed by atoms with Gasteiger partial charge in [-0.15, -0.1) is 0 Å². The highest BCUT2D eigenvalue weighted by molar-refractivity contribution is 5.91. The molecule has 4 aromatic rings. The smallest absolute Gasteiger partial charge is 0.0467 e. The standard InChI is InChI=1S/C30H27N/c1-3-10-22(11-4-1)23-16-18-24(19-17-23)31-28-15-9-14-27-29(28)25-12-5-6-13-26(25)30(27)20-7-2-8-21-30/h1,3-6,9-19,31H,2,7-8,20-21H2. The molecule has 0 bridgehead atoms. The maximum absolute atomic E-state index is 3.75. The van der Waals surface area contributed by atoms with Crippen molar-refractivity contribution in [1.29, 1.82) is 0 Å². The van der Waals surface area contributed by atoms with Crippen LogP contribution in [0.3, 0.4) is 0 Å². The summed E-state index contributed by atoms with van der Waals surface area (Å²) in [5.41, 5.74) is 11.0. The zero-order valence-corrected chi connectivity index (χ0v) is 17.8. The van der Waals surface area contributed by atoms with Crippen molar-refractivity contribution in [3.8, 4) is 22.3 Å². The van der Waals surface area contributed by atoms with Gasteiger partial charge in [0.05, 0.1) is 0 Å². The fourth-order valence-electron chi connectivity index (χ4n) is 5.84. The molecule has 2 aliphatic carbocycles. The molecule has 0 atom stereocenters. The summed E-state index contributed by atoms with van der Waals surface area (Å²) < 4.78 is 0. The molecule has 2 aliphatic rings. The number of benzene rings is 4. The van der Waals surface area contributed by atoms with E-state index in [9.17, 15) is 0 Å². The van der Waals surface area contributed by atoms with Gasteiger partial charge < -0.3 is 5.32 Å². The molecule has 31 heavy (non-hydrogen) atoms. The third-order valence-electron chi connectivity index (χ3n) is 7.27. The highest BCUT2D eigenvalue weighted by atomic mass is 14.9. The number of anilines is 2. The van der Waals surface area contributed by atoms with Gasteiger partial charge in [-0.1, -0.05) is 98.1 Å². The van der Waals surface area contributed by atoms with Gasteiger partial charge in [0, 0.05) is 22.4 Å². The molecule has 1 saturated carbocycles. The van der Waals surface area contributed by atoms with Crippen LogP contribution in [0.5, 0.6) is 0 Å². The van der Waals surface area contributed by atoms with Crippen LogP contribution in [0.2, 0.25) is 0 Å². The van der Waals surface area contributed by atoms with Gasteiger partial charge in [0.1, 0.15) is 0 Å². The molecular formula is C30H27N. The number of hydrogen-bond donors (Lipinski definition) is 1. The fraction of sp³-hybridized carbons (Fsp3) is 0.200. The van der Waals surface area contributed by atoms with Crippen LogP contribution in [0.1, 0.15) is 43.2 Å². The normalized spacial score (nSPS) is 16.0. The average molecular weight is 402 g/mol. The molecule has 1 nitrogen and oxygen atoms in total. The molecule has 1 N–H and O–H groups in total. The van der Waals surface area contributed by atoms with Gasteiger partial charge in [-0.3, -0.25) is 0 Å². The van der Waals surface area contributed by atoms with Crippen molar-refractivity contribution in [2.75, 3.05) is 5.32 Å². The van der Waals surface area contributed by atoms with Gasteiger partial charge >= 0.3 is 0 Å². The minimum atomic E-state index is 0.207. The van der Waals surface area contributed by atoms with Crippen molar-refractivity contribution in [2.24, 2.45) is 0 Å². The van der Waals surface area contributed by atoms with E-state index in [0.717, 1.165) is 5.69 Å². The summed E-state index contributed by atoms with van der Waals surface area (Å²) >= 11 is 0. The van der Waals surface area contributed by atoms with E-state index in [1.54, 1.807) is 5.56 Å². The quantitative estimate of drug-likeness (QED) is 0.364. The van der Waals surface area contributed by atoms with Gasteiger partial charge in [0.25, 0.3) is 0 Å². The predicted molar refractivity (Wildman–Crippen MR) is 131 cm³/mol. The van der Waals surface area contributed by atoms with E-state index in [0.29, 0.717) is 0 Å². The maximum atomic E-state index is 3.75. The number of hydrogen-bond acceptors (Lipinski definition) is 1. The Labute approximate surface area is 184 Å². The SMILES string of the molecule is c1ccc(-c2ccc(Nc3cccc4c3-c3ccccc3C43CCCCC3)cc2)cc1. The van der Waals surface area contributed by atoms with Crippen LogP contribution < -0.4 is 5.32 Å². The molecular weight excluding hydrogens is 374 g/mol. The second-order valence-electron chi connectivity index (χ2n) is 8.98. The van der Waals surface area contributed by atoms with Crippen LogP contribution >= 0.6 is 0 Å². The predicted octanol–water partition coefficient (Wildman–Crippen LogP) is 8.33. The second-order valence-corrected chi connectivity index (χ2v) is 8.98. The molecule has 0 aliphatic heterocycles. The van der Waals surface area contributed by atoms with Crippen LogP contribution in [0.4, 0.5) is 11.4 Å². The van der Waals surface area contributed by atoms with Gasteiger partial charge in [0.15, 0.2) is 0 Å². The number of nitrogens with one attached hydrogen (secondary N) is 1. The average Bonchev–Trinajstić information content (AvgIpc) is 3.11. The molecule has 0 saturated heterocycles. The molecule has 1 fully saturated rings. The molecule has 1 spiro atoms. The Morgan fingerprint density at radius 2 is 1.23 bits per heavy atom. The molecule has 4 aromatic carbocycles. The molecule has 1 heteroatoms. The molecule has 152 valence electrons. The Kier molecular flexibility index (Phi) is 4.42. The summed E-state index contributed by atoms with van der Waals surface area (Å²) in [5.74, 6) is 0. The lowest BCUT2D eigenvalue weighted by Crippen LogP contribution is -2.27. The zero-order valence-electron chi connectivity index (χ0n) is 17.8. The summed E-state index contributed by atoms with van der Waals surface area (Å²) in [4.78, 5) is 0. The van der Waals surface area contributed by atoms with Crippen LogP contribution in [0.25, 0.3) is 22.3 Å². The van der Waals surface area contributed by atoms with E-state index in [1.165, 1.54) is 65.6 Å². The van der Waals surface area contributed by atoms with Crippen molar-refractivity contribution in [3.63, 3.8) is 0 Å². The highest BCUT2D eigenvalue weighted by Gasteiger charge is 2.44. The number of fused-ring (bicyclic) bond motifs is 5. The summed E-state index contributed by atoms with van der Waals surface area (Å²) in [5, 5.41) is 3.75. The molecule has 0 unspecified atom stereocenters. The molecule has 0 amide bonds. The van der Waals surface area contributed by atoms with Crippen LogP contribution in [0, 0.1) is 0 Å². The highest BCUT2D eigenvalue weighted by Crippen LogP contribution is 2.57. The molecule has 0 radical (unpaired) electrons. The van der Waals surface area contributed by atoms with Crippen molar-refractivity contribution in [2.45, 2.75) is 37.5 Å². The Bertz CT molecular complexity index is 1220. The van der Waals surface area contributed by atoms with Gasteiger partial charge in [-0.25, -0.2) is 0 Å². The van der Waals surface area contributed by atoms with Crippen molar-refractivity contribution < 1.29 is 0 Å². The van der Waals surface area contributed by atoms with E-state index in [-0.39, 0.29) is 5.41 Å².